The molecule has 0 atom stereocenters. The van der Waals surface area contributed by atoms with E-state index >= 15 is 0 Å². The van der Waals surface area contributed by atoms with Gasteiger partial charge in [0.1, 0.15) is 30.3 Å². The molecule has 1 amide bonds. The Morgan fingerprint density at radius 1 is 1.24 bits per heavy atom. The molecular formula is C15H18N2O4. The molecule has 2 rings (SSSR count). The van der Waals surface area contributed by atoms with E-state index < -0.39 is 0 Å². The molecule has 0 saturated heterocycles. The van der Waals surface area contributed by atoms with Crippen molar-refractivity contribution in [1.29, 1.82) is 0 Å². The van der Waals surface area contributed by atoms with E-state index in [4.69, 9.17) is 14.0 Å². The number of anilines is 1. The van der Waals surface area contributed by atoms with E-state index in [9.17, 15) is 4.79 Å². The van der Waals surface area contributed by atoms with E-state index in [-0.39, 0.29) is 12.5 Å². The summed E-state index contributed by atoms with van der Waals surface area (Å²) in [6, 6.07) is 9.44. The SMILES string of the molecule is Cc1noc(C)c1NC(=O)COCCOc1ccccc1. The molecule has 1 aromatic carbocycles. The van der Waals surface area contributed by atoms with Crippen molar-refractivity contribution in [2.24, 2.45) is 0 Å². The highest BCUT2D eigenvalue weighted by Gasteiger charge is 2.12. The minimum Gasteiger partial charge on any atom is -0.491 e. The van der Waals surface area contributed by atoms with Gasteiger partial charge in [-0.15, -0.1) is 0 Å². The van der Waals surface area contributed by atoms with Crippen molar-refractivity contribution in [2.75, 3.05) is 25.1 Å². The quantitative estimate of drug-likeness (QED) is 0.792. The number of hydrogen-bond acceptors (Lipinski definition) is 5. The smallest absolute Gasteiger partial charge is 0.250 e. The lowest BCUT2D eigenvalue weighted by molar-refractivity contribution is -0.120. The van der Waals surface area contributed by atoms with Gasteiger partial charge < -0.3 is 19.3 Å². The number of nitrogens with zero attached hydrogens (tertiary/aromatic N) is 1. The van der Waals surface area contributed by atoms with Gasteiger partial charge >= 0.3 is 0 Å². The van der Waals surface area contributed by atoms with Crippen LogP contribution in [-0.4, -0.2) is 30.9 Å². The Kier molecular flexibility index (Phi) is 5.34. The van der Waals surface area contributed by atoms with Crippen LogP contribution in [-0.2, 0) is 9.53 Å². The zero-order valence-corrected chi connectivity index (χ0v) is 12.1. The third kappa shape index (κ3) is 4.61. The number of ether oxygens (including phenoxy) is 2. The summed E-state index contributed by atoms with van der Waals surface area (Å²) in [5, 5.41) is 6.47. The first-order valence-electron chi connectivity index (χ1n) is 6.65. The zero-order valence-electron chi connectivity index (χ0n) is 12.1. The normalized spacial score (nSPS) is 10.4. The van der Waals surface area contributed by atoms with Gasteiger partial charge in [-0.25, -0.2) is 0 Å². The van der Waals surface area contributed by atoms with E-state index in [0.717, 1.165) is 5.75 Å². The minimum absolute atomic E-state index is 0.0395. The van der Waals surface area contributed by atoms with Crippen LogP contribution in [0.5, 0.6) is 5.75 Å². The lowest BCUT2D eigenvalue weighted by Crippen LogP contribution is -2.20. The van der Waals surface area contributed by atoms with Crippen LogP contribution in [0.4, 0.5) is 5.69 Å². The summed E-state index contributed by atoms with van der Waals surface area (Å²) in [4.78, 5) is 11.7. The van der Waals surface area contributed by atoms with Crippen LogP contribution in [0.2, 0.25) is 0 Å². The van der Waals surface area contributed by atoms with Gasteiger partial charge in [0, 0.05) is 0 Å². The second kappa shape index (κ2) is 7.44. The molecule has 112 valence electrons. The molecule has 0 bridgehead atoms. The Morgan fingerprint density at radius 2 is 2.00 bits per heavy atom. The van der Waals surface area contributed by atoms with Crippen molar-refractivity contribution in [2.45, 2.75) is 13.8 Å². The highest BCUT2D eigenvalue weighted by atomic mass is 16.5. The number of aromatic nitrogens is 1. The van der Waals surface area contributed by atoms with E-state index in [1.54, 1.807) is 13.8 Å². The van der Waals surface area contributed by atoms with E-state index in [1.807, 2.05) is 30.3 Å². The predicted molar refractivity (Wildman–Crippen MR) is 77.4 cm³/mol. The molecular weight excluding hydrogens is 272 g/mol. The van der Waals surface area contributed by atoms with Gasteiger partial charge in [-0.1, -0.05) is 23.4 Å². The molecule has 0 aliphatic carbocycles. The van der Waals surface area contributed by atoms with Gasteiger partial charge in [0.2, 0.25) is 0 Å². The topological polar surface area (TPSA) is 73.6 Å². The number of rotatable bonds is 7. The number of aryl methyl sites for hydroxylation is 2. The van der Waals surface area contributed by atoms with Crippen LogP contribution in [0.25, 0.3) is 0 Å². The van der Waals surface area contributed by atoms with Crippen molar-refractivity contribution in [3.8, 4) is 5.75 Å². The molecule has 0 saturated carbocycles. The number of amides is 1. The summed E-state index contributed by atoms with van der Waals surface area (Å²) in [5.41, 5.74) is 1.25. The zero-order chi connectivity index (χ0) is 15.1. The number of para-hydroxylation sites is 1. The molecule has 1 heterocycles. The third-order valence-electron chi connectivity index (χ3n) is 2.77. The van der Waals surface area contributed by atoms with Gasteiger partial charge in [-0.3, -0.25) is 4.79 Å². The van der Waals surface area contributed by atoms with E-state index in [0.29, 0.717) is 30.4 Å². The highest BCUT2D eigenvalue weighted by molar-refractivity contribution is 5.92. The first-order valence-corrected chi connectivity index (χ1v) is 6.65. The fourth-order valence-electron chi connectivity index (χ4n) is 1.74. The van der Waals surface area contributed by atoms with Gasteiger partial charge in [0.05, 0.1) is 6.61 Å². The summed E-state index contributed by atoms with van der Waals surface area (Å²) < 4.78 is 15.7. The summed E-state index contributed by atoms with van der Waals surface area (Å²) in [7, 11) is 0. The first kappa shape index (κ1) is 15.1. The standard InChI is InChI=1S/C15H18N2O4/c1-11-15(12(2)21-17-11)16-14(18)10-19-8-9-20-13-6-4-3-5-7-13/h3-7H,8-10H2,1-2H3,(H,16,18). The lowest BCUT2D eigenvalue weighted by Gasteiger charge is -2.07. The maximum Gasteiger partial charge on any atom is 0.250 e. The maximum atomic E-state index is 11.7. The number of hydrogen-bond donors (Lipinski definition) is 1. The molecule has 6 heteroatoms. The van der Waals surface area contributed by atoms with Crippen LogP contribution in [0.15, 0.2) is 34.9 Å². The average molecular weight is 290 g/mol. The summed E-state index contributed by atoms with van der Waals surface area (Å²) in [5.74, 6) is 1.11. The molecule has 1 N–H and O–H groups in total. The van der Waals surface area contributed by atoms with E-state index in [1.165, 1.54) is 0 Å². The third-order valence-corrected chi connectivity index (χ3v) is 2.77. The largest absolute Gasteiger partial charge is 0.491 e. The Hall–Kier alpha value is -2.34. The molecule has 0 fully saturated rings. The van der Waals surface area contributed by atoms with Crippen molar-refractivity contribution >= 4 is 11.6 Å². The fraction of sp³-hybridized carbons (Fsp3) is 0.333. The molecule has 0 aliphatic heterocycles. The number of nitrogens with one attached hydrogen (secondary N) is 1. The summed E-state index contributed by atoms with van der Waals surface area (Å²) >= 11 is 0. The molecule has 0 aliphatic rings. The van der Waals surface area contributed by atoms with Gasteiger partial charge in [0.15, 0.2) is 5.76 Å². The molecule has 1 aromatic heterocycles. The van der Waals surface area contributed by atoms with Crippen LogP contribution < -0.4 is 10.1 Å². The Morgan fingerprint density at radius 3 is 2.67 bits per heavy atom. The number of carbonyl (C=O) groups excluding carboxylic acids is 1. The van der Waals surface area contributed by atoms with Crippen LogP contribution >= 0.6 is 0 Å². The van der Waals surface area contributed by atoms with E-state index in [2.05, 4.69) is 10.5 Å². The fourth-order valence-corrected chi connectivity index (χ4v) is 1.74. The van der Waals surface area contributed by atoms with Crippen molar-refractivity contribution in [3.63, 3.8) is 0 Å². The van der Waals surface area contributed by atoms with Crippen molar-refractivity contribution in [1.82, 2.24) is 5.16 Å². The van der Waals surface area contributed by atoms with Crippen LogP contribution in [0.1, 0.15) is 11.5 Å². The van der Waals surface area contributed by atoms with Crippen molar-refractivity contribution in [3.05, 3.63) is 41.8 Å². The molecule has 21 heavy (non-hydrogen) atoms. The Balaban J connectivity index is 1.64. The van der Waals surface area contributed by atoms with Gasteiger partial charge in [-0.2, -0.15) is 0 Å². The molecule has 0 unspecified atom stereocenters. The Labute approximate surface area is 123 Å². The number of carbonyl (C=O) groups is 1. The minimum atomic E-state index is -0.246. The summed E-state index contributed by atoms with van der Waals surface area (Å²) in [6.45, 7) is 4.19. The molecule has 0 spiro atoms. The highest BCUT2D eigenvalue weighted by Crippen LogP contribution is 2.18. The number of benzene rings is 1. The van der Waals surface area contributed by atoms with Gasteiger partial charge in [-0.05, 0) is 26.0 Å². The van der Waals surface area contributed by atoms with Crippen LogP contribution in [0.3, 0.4) is 0 Å². The molecule has 2 aromatic rings. The Bertz CT molecular complexity index is 561. The monoisotopic (exact) mass is 290 g/mol. The first-order chi connectivity index (χ1) is 10.2. The summed E-state index contributed by atoms with van der Waals surface area (Å²) in [6.07, 6.45) is 0. The molecule has 6 nitrogen and oxygen atoms in total. The molecule has 0 radical (unpaired) electrons. The maximum absolute atomic E-state index is 11.7. The lowest BCUT2D eigenvalue weighted by atomic mass is 10.3. The van der Waals surface area contributed by atoms with Crippen LogP contribution in [0, 0.1) is 13.8 Å². The second-order valence-electron chi connectivity index (χ2n) is 4.46. The van der Waals surface area contributed by atoms with Crippen molar-refractivity contribution < 1.29 is 18.8 Å². The second-order valence-corrected chi connectivity index (χ2v) is 4.46. The van der Waals surface area contributed by atoms with Gasteiger partial charge in [0.25, 0.3) is 5.91 Å². The average Bonchev–Trinajstić information content (AvgIpc) is 2.80. The predicted octanol–water partition coefficient (Wildman–Crippen LogP) is 2.33.